The van der Waals surface area contributed by atoms with Gasteiger partial charge in [-0.2, -0.15) is 0 Å². The molecule has 0 aliphatic carbocycles. The summed E-state index contributed by atoms with van der Waals surface area (Å²) in [5, 5.41) is 26.9. The van der Waals surface area contributed by atoms with Crippen molar-refractivity contribution in [1.29, 1.82) is 0 Å². The number of benzene rings is 1. The van der Waals surface area contributed by atoms with Crippen LogP contribution in [-0.4, -0.2) is 36.7 Å². The van der Waals surface area contributed by atoms with E-state index in [-0.39, 0.29) is 12.4 Å². The summed E-state index contributed by atoms with van der Waals surface area (Å²) in [4.78, 5) is 10.7. The zero-order valence-electron chi connectivity index (χ0n) is 10.9. The number of rotatable bonds is 5. The standard InChI is InChI=1S/C12H11BrClN3O3S/c1-6-2-7(13)9(3-8(6)14)17-10(4-18)15-16-12(17)21-5-11(19)20/h2-3,18H,4-5H2,1H3,(H,19,20). The van der Waals surface area contributed by atoms with Crippen LogP contribution in [-0.2, 0) is 11.4 Å². The second-order valence-corrected chi connectivity index (χ2v) is 6.33. The Morgan fingerprint density at radius 3 is 2.81 bits per heavy atom. The molecule has 9 heteroatoms. The topological polar surface area (TPSA) is 88.2 Å². The van der Waals surface area contributed by atoms with Gasteiger partial charge in [-0.3, -0.25) is 9.36 Å². The largest absolute Gasteiger partial charge is 0.481 e. The van der Waals surface area contributed by atoms with Gasteiger partial charge < -0.3 is 10.2 Å². The maximum Gasteiger partial charge on any atom is 0.313 e. The number of thioether (sulfide) groups is 1. The minimum atomic E-state index is -0.957. The number of aryl methyl sites for hydroxylation is 1. The summed E-state index contributed by atoms with van der Waals surface area (Å²) in [6.45, 7) is 1.55. The Kier molecular flexibility index (Phi) is 5.26. The number of hydrogen-bond acceptors (Lipinski definition) is 5. The van der Waals surface area contributed by atoms with Crippen molar-refractivity contribution in [1.82, 2.24) is 14.8 Å². The van der Waals surface area contributed by atoms with Gasteiger partial charge in [0.25, 0.3) is 0 Å². The number of carbonyl (C=O) groups is 1. The van der Waals surface area contributed by atoms with Crippen LogP contribution < -0.4 is 0 Å². The lowest BCUT2D eigenvalue weighted by Gasteiger charge is -2.12. The summed E-state index contributed by atoms with van der Waals surface area (Å²) in [6.07, 6.45) is 0. The van der Waals surface area contributed by atoms with Gasteiger partial charge in [0, 0.05) is 9.50 Å². The molecule has 0 bridgehead atoms. The van der Waals surface area contributed by atoms with Crippen LogP contribution in [0.25, 0.3) is 5.69 Å². The van der Waals surface area contributed by atoms with Gasteiger partial charge in [0.05, 0.1) is 11.4 Å². The summed E-state index contributed by atoms with van der Waals surface area (Å²) < 4.78 is 2.33. The Labute approximate surface area is 138 Å². The molecule has 0 radical (unpaired) electrons. The van der Waals surface area contributed by atoms with Gasteiger partial charge in [0.1, 0.15) is 6.61 Å². The lowest BCUT2D eigenvalue weighted by atomic mass is 10.2. The fourth-order valence-electron chi connectivity index (χ4n) is 1.67. The Hall–Kier alpha value is -1.09. The molecule has 1 aromatic carbocycles. The highest BCUT2D eigenvalue weighted by atomic mass is 79.9. The van der Waals surface area contributed by atoms with Gasteiger partial charge in [-0.1, -0.05) is 23.4 Å². The molecule has 0 saturated carbocycles. The van der Waals surface area contributed by atoms with Crippen molar-refractivity contribution in [3.8, 4) is 5.69 Å². The molecule has 2 N–H and O–H groups in total. The van der Waals surface area contributed by atoms with E-state index in [0.29, 0.717) is 21.7 Å². The Bertz CT molecular complexity index is 693. The second-order valence-electron chi connectivity index (χ2n) is 4.13. The SMILES string of the molecule is Cc1cc(Br)c(-n2c(CO)nnc2SCC(=O)O)cc1Cl. The highest BCUT2D eigenvalue weighted by Crippen LogP contribution is 2.31. The fraction of sp³-hybridized carbons (Fsp3) is 0.250. The average Bonchev–Trinajstić information content (AvgIpc) is 2.83. The van der Waals surface area contributed by atoms with E-state index in [1.807, 2.05) is 13.0 Å². The first-order valence-electron chi connectivity index (χ1n) is 5.79. The first kappa shape index (κ1) is 16.3. The highest BCUT2D eigenvalue weighted by molar-refractivity contribution is 9.10. The Morgan fingerprint density at radius 2 is 2.19 bits per heavy atom. The average molecular weight is 393 g/mol. The summed E-state index contributed by atoms with van der Waals surface area (Å²) in [5.74, 6) is -0.801. The lowest BCUT2D eigenvalue weighted by Crippen LogP contribution is -2.06. The molecule has 0 aliphatic rings. The number of aromatic nitrogens is 3. The molecule has 0 aliphatic heterocycles. The van der Waals surface area contributed by atoms with E-state index in [1.165, 1.54) is 0 Å². The minimum absolute atomic E-state index is 0.152. The predicted octanol–water partition coefficient (Wildman–Crippen LogP) is 2.66. The van der Waals surface area contributed by atoms with E-state index in [2.05, 4.69) is 26.1 Å². The van der Waals surface area contributed by atoms with Crippen molar-refractivity contribution in [2.75, 3.05) is 5.75 Å². The molecule has 0 saturated heterocycles. The van der Waals surface area contributed by atoms with Gasteiger partial charge in [0.15, 0.2) is 11.0 Å². The van der Waals surface area contributed by atoms with E-state index in [9.17, 15) is 9.90 Å². The summed E-state index contributed by atoms with van der Waals surface area (Å²) in [5.41, 5.74) is 1.54. The van der Waals surface area contributed by atoms with Crippen LogP contribution in [0.15, 0.2) is 21.8 Å². The lowest BCUT2D eigenvalue weighted by molar-refractivity contribution is -0.133. The molecule has 0 fully saturated rings. The molecular weight excluding hydrogens is 382 g/mol. The third-order valence-electron chi connectivity index (χ3n) is 2.64. The quantitative estimate of drug-likeness (QED) is 0.761. The van der Waals surface area contributed by atoms with Crippen LogP contribution in [0.1, 0.15) is 11.4 Å². The zero-order valence-corrected chi connectivity index (χ0v) is 14.0. The molecule has 21 heavy (non-hydrogen) atoms. The number of carboxylic acid groups (broad SMARTS) is 1. The van der Waals surface area contributed by atoms with Gasteiger partial charge >= 0.3 is 5.97 Å². The van der Waals surface area contributed by atoms with Crippen molar-refractivity contribution in [3.05, 3.63) is 33.0 Å². The van der Waals surface area contributed by atoms with Crippen LogP contribution in [0.2, 0.25) is 5.02 Å². The molecule has 0 amide bonds. The van der Waals surface area contributed by atoms with Crippen LogP contribution in [0.5, 0.6) is 0 Å². The van der Waals surface area contributed by atoms with Gasteiger partial charge in [-0.05, 0) is 40.5 Å². The predicted molar refractivity (Wildman–Crippen MR) is 83.1 cm³/mol. The van der Waals surface area contributed by atoms with Crippen molar-refractivity contribution in [2.24, 2.45) is 0 Å². The molecule has 1 heterocycles. The number of aliphatic hydroxyl groups is 1. The molecule has 0 spiro atoms. The number of aliphatic hydroxyl groups excluding tert-OH is 1. The number of aliphatic carboxylic acids is 1. The Balaban J connectivity index is 2.53. The molecule has 6 nitrogen and oxygen atoms in total. The van der Waals surface area contributed by atoms with Crippen molar-refractivity contribution in [2.45, 2.75) is 18.7 Å². The second kappa shape index (κ2) is 6.78. The molecule has 112 valence electrons. The minimum Gasteiger partial charge on any atom is -0.481 e. The maximum absolute atomic E-state index is 10.7. The number of hydrogen-bond donors (Lipinski definition) is 2. The van der Waals surface area contributed by atoms with Crippen LogP contribution in [0, 0.1) is 6.92 Å². The molecule has 1 aromatic heterocycles. The van der Waals surface area contributed by atoms with Crippen LogP contribution in [0.4, 0.5) is 0 Å². The molecule has 2 rings (SSSR count). The van der Waals surface area contributed by atoms with E-state index >= 15 is 0 Å². The first-order chi connectivity index (χ1) is 9.93. The molecule has 2 aromatic rings. The van der Waals surface area contributed by atoms with E-state index in [1.54, 1.807) is 10.6 Å². The number of halogens is 2. The monoisotopic (exact) mass is 391 g/mol. The molecule has 0 atom stereocenters. The third kappa shape index (κ3) is 3.57. The van der Waals surface area contributed by atoms with Crippen molar-refractivity contribution >= 4 is 45.3 Å². The smallest absolute Gasteiger partial charge is 0.313 e. The fourth-order valence-corrected chi connectivity index (χ4v) is 3.15. The first-order valence-corrected chi connectivity index (χ1v) is 7.95. The summed E-state index contributed by atoms with van der Waals surface area (Å²) >= 11 is 10.6. The van der Waals surface area contributed by atoms with Crippen molar-refractivity contribution in [3.63, 3.8) is 0 Å². The van der Waals surface area contributed by atoms with Gasteiger partial charge in [0.2, 0.25) is 0 Å². The van der Waals surface area contributed by atoms with Gasteiger partial charge in [-0.15, -0.1) is 10.2 Å². The summed E-state index contributed by atoms with van der Waals surface area (Å²) in [7, 11) is 0. The number of carboxylic acids is 1. The van der Waals surface area contributed by atoms with Crippen molar-refractivity contribution < 1.29 is 15.0 Å². The maximum atomic E-state index is 10.7. The van der Waals surface area contributed by atoms with E-state index in [4.69, 9.17) is 16.7 Å². The van der Waals surface area contributed by atoms with Crippen LogP contribution in [0.3, 0.4) is 0 Å². The third-order valence-corrected chi connectivity index (χ3v) is 4.59. The normalized spacial score (nSPS) is 10.9. The molecular formula is C12H11BrClN3O3S. The van der Waals surface area contributed by atoms with E-state index in [0.717, 1.165) is 21.8 Å². The zero-order chi connectivity index (χ0) is 15.6. The number of nitrogens with zero attached hydrogens (tertiary/aromatic N) is 3. The Morgan fingerprint density at radius 1 is 1.48 bits per heavy atom. The highest BCUT2D eigenvalue weighted by Gasteiger charge is 2.18. The summed E-state index contributed by atoms with van der Waals surface area (Å²) in [6, 6.07) is 3.55. The molecule has 0 unspecified atom stereocenters. The van der Waals surface area contributed by atoms with E-state index < -0.39 is 5.97 Å². The van der Waals surface area contributed by atoms with Gasteiger partial charge in [-0.25, -0.2) is 0 Å². The van der Waals surface area contributed by atoms with Crippen LogP contribution >= 0.6 is 39.3 Å².